The van der Waals surface area contributed by atoms with E-state index in [-0.39, 0.29) is 5.92 Å². The maximum atomic E-state index is 12.7. The van der Waals surface area contributed by atoms with E-state index < -0.39 is 30.2 Å². The van der Waals surface area contributed by atoms with E-state index in [0.717, 1.165) is 17.7 Å². The molecule has 112 valence electrons. The SMILES string of the molecule is CCC(CC)N(CC(F)(F)F)C(=O)C(C)(N)C1CC1. The fourth-order valence-corrected chi connectivity index (χ4v) is 2.46. The number of nitrogens with two attached hydrogens (primary N) is 1. The van der Waals surface area contributed by atoms with Gasteiger partial charge in [0.25, 0.3) is 0 Å². The van der Waals surface area contributed by atoms with Crippen molar-refractivity contribution >= 4 is 5.91 Å². The molecule has 1 aliphatic carbocycles. The van der Waals surface area contributed by atoms with Crippen molar-refractivity contribution in [2.45, 2.75) is 64.2 Å². The van der Waals surface area contributed by atoms with Crippen LogP contribution in [0.1, 0.15) is 46.5 Å². The summed E-state index contributed by atoms with van der Waals surface area (Å²) in [6.45, 7) is 3.92. The van der Waals surface area contributed by atoms with Crippen LogP contribution in [0.25, 0.3) is 0 Å². The molecule has 0 spiro atoms. The topological polar surface area (TPSA) is 46.3 Å². The van der Waals surface area contributed by atoms with Gasteiger partial charge in [0.2, 0.25) is 5.91 Å². The number of amides is 1. The van der Waals surface area contributed by atoms with Crippen molar-refractivity contribution in [3.63, 3.8) is 0 Å². The van der Waals surface area contributed by atoms with Crippen LogP contribution in [-0.4, -0.2) is 35.1 Å². The normalized spacial score (nSPS) is 19.4. The van der Waals surface area contributed by atoms with Crippen LogP contribution in [-0.2, 0) is 4.79 Å². The number of hydrogen-bond donors (Lipinski definition) is 1. The van der Waals surface area contributed by atoms with Crippen LogP contribution in [0.5, 0.6) is 0 Å². The van der Waals surface area contributed by atoms with Crippen molar-refractivity contribution < 1.29 is 18.0 Å². The summed E-state index contributed by atoms with van der Waals surface area (Å²) in [6.07, 6.45) is -1.75. The van der Waals surface area contributed by atoms with Gasteiger partial charge in [0.15, 0.2) is 0 Å². The predicted molar refractivity (Wildman–Crippen MR) is 67.5 cm³/mol. The van der Waals surface area contributed by atoms with Crippen molar-refractivity contribution in [3.8, 4) is 0 Å². The quantitative estimate of drug-likeness (QED) is 0.813. The summed E-state index contributed by atoms with van der Waals surface area (Å²) in [7, 11) is 0. The lowest BCUT2D eigenvalue weighted by Gasteiger charge is -2.37. The number of alkyl halides is 3. The van der Waals surface area contributed by atoms with E-state index in [1.165, 1.54) is 0 Å². The van der Waals surface area contributed by atoms with Crippen LogP contribution in [0.3, 0.4) is 0 Å². The van der Waals surface area contributed by atoms with Gasteiger partial charge in [-0.3, -0.25) is 4.79 Å². The van der Waals surface area contributed by atoms with Crippen LogP contribution in [0.4, 0.5) is 13.2 Å². The van der Waals surface area contributed by atoms with Crippen LogP contribution >= 0.6 is 0 Å². The molecule has 1 amide bonds. The summed E-state index contributed by atoms with van der Waals surface area (Å²) < 4.78 is 38.0. The number of rotatable bonds is 6. The van der Waals surface area contributed by atoms with E-state index in [9.17, 15) is 18.0 Å². The second-order valence-corrected chi connectivity index (χ2v) is 5.58. The molecule has 0 heterocycles. The zero-order valence-corrected chi connectivity index (χ0v) is 11.8. The largest absolute Gasteiger partial charge is 0.406 e. The zero-order chi connectivity index (χ0) is 14.8. The Balaban J connectivity index is 2.91. The molecule has 1 unspecified atom stereocenters. The molecular weight excluding hydrogens is 257 g/mol. The van der Waals surface area contributed by atoms with Gasteiger partial charge in [0, 0.05) is 6.04 Å². The highest BCUT2D eigenvalue weighted by Gasteiger charge is 2.48. The average molecular weight is 280 g/mol. The summed E-state index contributed by atoms with van der Waals surface area (Å²) in [4.78, 5) is 13.3. The van der Waals surface area contributed by atoms with Crippen molar-refractivity contribution in [2.75, 3.05) is 6.54 Å². The van der Waals surface area contributed by atoms with Gasteiger partial charge < -0.3 is 10.6 Å². The van der Waals surface area contributed by atoms with Gasteiger partial charge in [-0.1, -0.05) is 13.8 Å². The minimum absolute atomic E-state index is 0.0186. The fraction of sp³-hybridized carbons (Fsp3) is 0.923. The molecule has 0 aromatic heterocycles. The van der Waals surface area contributed by atoms with Crippen molar-refractivity contribution in [1.82, 2.24) is 4.90 Å². The molecule has 0 saturated heterocycles. The first-order valence-electron chi connectivity index (χ1n) is 6.80. The summed E-state index contributed by atoms with van der Waals surface area (Å²) in [5, 5.41) is 0. The second kappa shape index (κ2) is 5.69. The molecule has 1 atom stereocenters. The van der Waals surface area contributed by atoms with Gasteiger partial charge in [-0.15, -0.1) is 0 Å². The number of carbonyl (C=O) groups excluding carboxylic acids is 1. The molecule has 2 N–H and O–H groups in total. The molecular formula is C13H23F3N2O. The van der Waals surface area contributed by atoms with E-state index in [0.29, 0.717) is 12.8 Å². The standard InChI is InChI=1S/C13H23F3N2O/c1-4-10(5-2)18(8-13(14,15)16)11(19)12(3,17)9-6-7-9/h9-10H,4-8,17H2,1-3H3. The average Bonchev–Trinajstić information content (AvgIpc) is 3.10. The number of carbonyl (C=O) groups is 1. The monoisotopic (exact) mass is 280 g/mol. The molecule has 3 nitrogen and oxygen atoms in total. The van der Waals surface area contributed by atoms with Gasteiger partial charge in [-0.05, 0) is 38.5 Å². The molecule has 0 aromatic carbocycles. The van der Waals surface area contributed by atoms with Gasteiger partial charge >= 0.3 is 6.18 Å². The van der Waals surface area contributed by atoms with Crippen molar-refractivity contribution in [1.29, 1.82) is 0 Å². The maximum Gasteiger partial charge on any atom is 0.406 e. The number of halogens is 3. The maximum absolute atomic E-state index is 12.7. The highest BCUT2D eigenvalue weighted by Crippen LogP contribution is 2.39. The molecule has 0 bridgehead atoms. The summed E-state index contributed by atoms with van der Waals surface area (Å²) in [5.74, 6) is -0.550. The molecule has 1 fully saturated rings. The first-order valence-corrected chi connectivity index (χ1v) is 6.80. The van der Waals surface area contributed by atoms with E-state index in [1.54, 1.807) is 20.8 Å². The third kappa shape index (κ3) is 4.09. The minimum Gasteiger partial charge on any atom is -0.329 e. The third-order valence-corrected chi connectivity index (χ3v) is 3.88. The van der Waals surface area contributed by atoms with Crippen LogP contribution in [0, 0.1) is 5.92 Å². The van der Waals surface area contributed by atoms with E-state index >= 15 is 0 Å². The zero-order valence-electron chi connectivity index (χ0n) is 11.8. The predicted octanol–water partition coefficient (Wildman–Crippen LogP) is 2.69. The first kappa shape index (κ1) is 16.3. The van der Waals surface area contributed by atoms with Gasteiger partial charge in [-0.25, -0.2) is 0 Å². The highest BCUT2D eigenvalue weighted by molar-refractivity contribution is 5.86. The lowest BCUT2D eigenvalue weighted by Crippen LogP contribution is -2.59. The minimum atomic E-state index is -4.39. The molecule has 1 aliphatic rings. The highest BCUT2D eigenvalue weighted by atomic mass is 19.4. The van der Waals surface area contributed by atoms with Crippen LogP contribution in [0.15, 0.2) is 0 Å². The first-order chi connectivity index (χ1) is 8.63. The van der Waals surface area contributed by atoms with Crippen molar-refractivity contribution in [3.05, 3.63) is 0 Å². The Morgan fingerprint density at radius 1 is 1.32 bits per heavy atom. The lowest BCUT2D eigenvalue weighted by atomic mass is 9.94. The van der Waals surface area contributed by atoms with Gasteiger partial charge in [0.05, 0.1) is 5.54 Å². The molecule has 0 aliphatic heterocycles. The van der Waals surface area contributed by atoms with Crippen LogP contribution in [0.2, 0.25) is 0 Å². The molecule has 0 aromatic rings. The van der Waals surface area contributed by atoms with Gasteiger partial charge in [-0.2, -0.15) is 13.2 Å². The van der Waals surface area contributed by atoms with E-state index in [1.807, 2.05) is 0 Å². The smallest absolute Gasteiger partial charge is 0.329 e. The lowest BCUT2D eigenvalue weighted by molar-refractivity contribution is -0.169. The second-order valence-electron chi connectivity index (χ2n) is 5.58. The molecule has 19 heavy (non-hydrogen) atoms. The van der Waals surface area contributed by atoms with Gasteiger partial charge in [0.1, 0.15) is 6.54 Å². The van der Waals surface area contributed by atoms with Crippen molar-refractivity contribution in [2.24, 2.45) is 11.7 Å². The fourth-order valence-electron chi connectivity index (χ4n) is 2.46. The van der Waals surface area contributed by atoms with E-state index in [4.69, 9.17) is 5.73 Å². The Morgan fingerprint density at radius 3 is 2.11 bits per heavy atom. The molecule has 0 radical (unpaired) electrons. The Labute approximate surface area is 112 Å². The molecule has 1 saturated carbocycles. The Morgan fingerprint density at radius 2 is 1.79 bits per heavy atom. The molecule has 6 heteroatoms. The Hall–Kier alpha value is -0.780. The summed E-state index contributed by atoms with van der Waals surface area (Å²) in [5.41, 5.74) is 4.80. The Bertz CT molecular complexity index is 320. The van der Waals surface area contributed by atoms with E-state index in [2.05, 4.69) is 0 Å². The summed E-state index contributed by atoms with van der Waals surface area (Å²) >= 11 is 0. The summed E-state index contributed by atoms with van der Waals surface area (Å²) in [6, 6.07) is -0.407. The number of hydrogen-bond acceptors (Lipinski definition) is 2. The van der Waals surface area contributed by atoms with Crippen LogP contribution < -0.4 is 5.73 Å². The third-order valence-electron chi connectivity index (χ3n) is 3.88. The number of nitrogens with zero attached hydrogens (tertiary/aromatic N) is 1. The molecule has 1 rings (SSSR count). The Kier molecular flexibility index (Phi) is 4.87.